The van der Waals surface area contributed by atoms with Crippen molar-refractivity contribution in [2.75, 3.05) is 0 Å². The van der Waals surface area contributed by atoms with E-state index in [1.165, 1.54) is 18.2 Å². The number of rotatable bonds is 4. The van der Waals surface area contributed by atoms with Crippen LogP contribution in [-0.4, -0.2) is 22.3 Å². The van der Waals surface area contributed by atoms with Gasteiger partial charge in [0.25, 0.3) is 0 Å². The van der Waals surface area contributed by atoms with Crippen LogP contribution in [0.25, 0.3) is 0 Å². The highest BCUT2D eigenvalue weighted by Gasteiger charge is 2.24. The van der Waals surface area contributed by atoms with Gasteiger partial charge < -0.3 is 14.9 Å². The average Bonchev–Trinajstić information content (AvgIpc) is 2.28. The number of hydrogen-bond acceptors (Lipinski definition) is 4. The number of aromatic hydroxyl groups is 2. The van der Waals surface area contributed by atoms with E-state index in [0.29, 0.717) is 0 Å². The molecule has 0 bridgehead atoms. The summed E-state index contributed by atoms with van der Waals surface area (Å²) in [5.41, 5.74) is -0.0127. The normalized spacial score (nSPS) is 11.3. The Kier molecular flexibility index (Phi) is 4.59. The molecule has 0 aliphatic heterocycles. The van der Waals surface area contributed by atoms with Crippen LogP contribution in [0.15, 0.2) is 18.2 Å². The number of phenols is 2. The van der Waals surface area contributed by atoms with Crippen molar-refractivity contribution in [2.45, 2.75) is 33.8 Å². The smallest absolute Gasteiger partial charge is 0.342 e. The Morgan fingerprint density at radius 3 is 2.17 bits per heavy atom. The molecule has 100 valence electrons. The van der Waals surface area contributed by atoms with Gasteiger partial charge in [-0.05, 0) is 30.0 Å². The SMILES string of the molecule is CC(C)C(OC(=O)c1cc(O)ccc1O)C(C)C. The molecule has 0 atom stereocenters. The molecular formula is C14H20O4. The maximum Gasteiger partial charge on any atom is 0.342 e. The van der Waals surface area contributed by atoms with Gasteiger partial charge in [0.1, 0.15) is 23.2 Å². The Balaban J connectivity index is 2.90. The van der Waals surface area contributed by atoms with Gasteiger partial charge in [-0.2, -0.15) is 0 Å². The highest BCUT2D eigenvalue weighted by Crippen LogP contribution is 2.25. The average molecular weight is 252 g/mol. The highest BCUT2D eigenvalue weighted by atomic mass is 16.5. The summed E-state index contributed by atoms with van der Waals surface area (Å²) in [6.45, 7) is 7.89. The number of esters is 1. The molecule has 4 heteroatoms. The van der Waals surface area contributed by atoms with Crippen LogP contribution in [0.2, 0.25) is 0 Å². The fraction of sp³-hybridized carbons (Fsp3) is 0.500. The Hall–Kier alpha value is -1.71. The van der Waals surface area contributed by atoms with E-state index in [-0.39, 0.29) is 35.0 Å². The van der Waals surface area contributed by atoms with Crippen LogP contribution in [0.5, 0.6) is 11.5 Å². The fourth-order valence-electron chi connectivity index (χ4n) is 1.92. The summed E-state index contributed by atoms with van der Waals surface area (Å²) in [5, 5.41) is 18.9. The fourth-order valence-corrected chi connectivity index (χ4v) is 1.92. The van der Waals surface area contributed by atoms with Crippen LogP contribution in [0.1, 0.15) is 38.1 Å². The topological polar surface area (TPSA) is 66.8 Å². The number of ether oxygens (including phenoxy) is 1. The van der Waals surface area contributed by atoms with Crippen molar-refractivity contribution < 1.29 is 19.7 Å². The van der Waals surface area contributed by atoms with Crippen molar-refractivity contribution >= 4 is 5.97 Å². The molecule has 0 aliphatic rings. The van der Waals surface area contributed by atoms with Gasteiger partial charge in [0.15, 0.2) is 0 Å². The third-order valence-corrected chi connectivity index (χ3v) is 2.76. The maximum absolute atomic E-state index is 11.9. The van der Waals surface area contributed by atoms with E-state index >= 15 is 0 Å². The lowest BCUT2D eigenvalue weighted by Gasteiger charge is -2.25. The van der Waals surface area contributed by atoms with E-state index in [0.717, 1.165) is 0 Å². The van der Waals surface area contributed by atoms with Crippen LogP contribution in [0, 0.1) is 11.8 Å². The standard InChI is InChI=1S/C14H20O4/c1-8(2)13(9(3)4)18-14(17)11-7-10(15)5-6-12(11)16/h5-9,13,15-16H,1-4H3. The molecule has 0 heterocycles. The lowest BCUT2D eigenvalue weighted by atomic mass is 9.96. The third kappa shape index (κ3) is 3.39. The summed E-state index contributed by atoms with van der Waals surface area (Å²) in [4.78, 5) is 11.9. The maximum atomic E-state index is 11.9. The van der Waals surface area contributed by atoms with Crippen LogP contribution in [-0.2, 0) is 4.74 Å². The molecule has 0 saturated heterocycles. The summed E-state index contributed by atoms with van der Waals surface area (Å²) in [6.07, 6.45) is -0.223. The second-order valence-corrected chi connectivity index (χ2v) is 5.06. The minimum Gasteiger partial charge on any atom is -0.508 e. The third-order valence-electron chi connectivity index (χ3n) is 2.76. The number of phenolic OH excluding ortho intramolecular Hbond substituents is 2. The number of benzene rings is 1. The van der Waals surface area contributed by atoms with E-state index in [1.807, 2.05) is 27.7 Å². The molecule has 0 saturated carbocycles. The van der Waals surface area contributed by atoms with Crippen LogP contribution in [0.4, 0.5) is 0 Å². The van der Waals surface area contributed by atoms with Crippen LogP contribution < -0.4 is 0 Å². The minimum atomic E-state index is -0.615. The molecule has 1 aromatic rings. The first-order chi connectivity index (χ1) is 8.32. The molecule has 0 unspecified atom stereocenters. The van der Waals surface area contributed by atoms with Gasteiger partial charge >= 0.3 is 5.97 Å². The van der Waals surface area contributed by atoms with Crippen molar-refractivity contribution in [1.29, 1.82) is 0 Å². The molecule has 1 aromatic carbocycles. The number of hydrogen-bond donors (Lipinski definition) is 2. The number of carbonyl (C=O) groups is 1. The molecular weight excluding hydrogens is 232 g/mol. The Morgan fingerprint density at radius 2 is 1.67 bits per heavy atom. The van der Waals surface area contributed by atoms with Crippen molar-refractivity contribution in [1.82, 2.24) is 0 Å². The largest absolute Gasteiger partial charge is 0.508 e. The van der Waals surface area contributed by atoms with E-state index in [4.69, 9.17) is 4.74 Å². The van der Waals surface area contributed by atoms with E-state index in [9.17, 15) is 15.0 Å². The summed E-state index contributed by atoms with van der Waals surface area (Å²) < 4.78 is 5.39. The van der Waals surface area contributed by atoms with Gasteiger partial charge in [0, 0.05) is 0 Å². The van der Waals surface area contributed by atoms with Gasteiger partial charge in [-0.25, -0.2) is 4.79 Å². The lowest BCUT2D eigenvalue weighted by molar-refractivity contribution is 0.00294. The summed E-state index contributed by atoms with van der Waals surface area (Å²) in [7, 11) is 0. The lowest BCUT2D eigenvalue weighted by Crippen LogP contribution is -2.28. The van der Waals surface area contributed by atoms with E-state index in [1.54, 1.807) is 0 Å². The second kappa shape index (κ2) is 5.76. The highest BCUT2D eigenvalue weighted by molar-refractivity contribution is 5.93. The van der Waals surface area contributed by atoms with Gasteiger partial charge in [-0.15, -0.1) is 0 Å². The summed E-state index contributed by atoms with van der Waals surface area (Å²) >= 11 is 0. The quantitative estimate of drug-likeness (QED) is 0.638. The summed E-state index contributed by atoms with van der Waals surface area (Å²) in [5.74, 6) is -0.507. The predicted molar refractivity (Wildman–Crippen MR) is 68.7 cm³/mol. The Bertz CT molecular complexity index is 416. The van der Waals surface area contributed by atoms with Gasteiger partial charge in [-0.3, -0.25) is 0 Å². The van der Waals surface area contributed by atoms with Crippen molar-refractivity contribution in [3.63, 3.8) is 0 Å². The molecule has 0 aromatic heterocycles. The molecule has 18 heavy (non-hydrogen) atoms. The molecule has 1 rings (SSSR count). The zero-order chi connectivity index (χ0) is 13.9. The van der Waals surface area contributed by atoms with Crippen molar-refractivity contribution in [2.24, 2.45) is 11.8 Å². The monoisotopic (exact) mass is 252 g/mol. The van der Waals surface area contributed by atoms with Crippen LogP contribution in [0.3, 0.4) is 0 Å². The Labute approximate surface area is 107 Å². The zero-order valence-electron chi connectivity index (χ0n) is 11.2. The summed E-state index contributed by atoms with van der Waals surface area (Å²) in [6, 6.07) is 3.79. The van der Waals surface area contributed by atoms with Crippen molar-refractivity contribution in [3.8, 4) is 11.5 Å². The molecule has 0 fully saturated rings. The predicted octanol–water partition coefficient (Wildman–Crippen LogP) is 2.94. The van der Waals surface area contributed by atoms with Crippen LogP contribution >= 0.6 is 0 Å². The van der Waals surface area contributed by atoms with Gasteiger partial charge in [0.05, 0.1) is 0 Å². The molecule has 0 aliphatic carbocycles. The molecule has 0 radical (unpaired) electrons. The molecule has 0 amide bonds. The number of carbonyl (C=O) groups excluding carboxylic acids is 1. The van der Waals surface area contributed by atoms with Gasteiger partial charge in [-0.1, -0.05) is 27.7 Å². The first kappa shape index (κ1) is 14.4. The molecule has 0 spiro atoms. The van der Waals surface area contributed by atoms with E-state index in [2.05, 4.69) is 0 Å². The van der Waals surface area contributed by atoms with E-state index < -0.39 is 5.97 Å². The molecule has 4 nitrogen and oxygen atoms in total. The Morgan fingerprint density at radius 1 is 1.11 bits per heavy atom. The minimum absolute atomic E-state index is 0.0127. The first-order valence-corrected chi connectivity index (χ1v) is 6.06. The first-order valence-electron chi connectivity index (χ1n) is 6.06. The second-order valence-electron chi connectivity index (χ2n) is 5.06. The molecule has 2 N–H and O–H groups in total. The van der Waals surface area contributed by atoms with Crippen molar-refractivity contribution in [3.05, 3.63) is 23.8 Å². The van der Waals surface area contributed by atoms with Gasteiger partial charge in [0.2, 0.25) is 0 Å². The zero-order valence-corrected chi connectivity index (χ0v) is 11.2.